The van der Waals surface area contributed by atoms with E-state index in [2.05, 4.69) is 15.6 Å². The Kier molecular flexibility index (Phi) is 4.70. The number of benzene rings is 1. The summed E-state index contributed by atoms with van der Waals surface area (Å²) in [6.45, 7) is 5.64. The number of rotatable bonds is 3. The van der Waals surface area contributed by atoms with E-state index in [1.54, 1.807) is 53.1 Å². The Labute approximate surface area is 156 Å². The molecule has 0 aliphatic heterocycles. The van der Waals surface area contributed by atoms with E-state index in [1.807, 2.05) is 20.8 Å². The lowest BCUT2D eigenvalue weighted by Crippen LogP contribution is -2.41. The van der Waals surface area contributed by atoms with Crippen molar-refractivity contribution in [1.82, 2.24) is 14.7 Å². The minimum absolute atomic E-state index is 0.153. The summed E-state index contributed by atoms with van der Waals surface area (Å²) >= 11 is 6.10. The summed E-state index contributed by atoms with van der Waals surface area (Å²) in [7, 11) is 0. The van der Waals surface area contributed by atoms with Crippen LogP contribution in [0, 0.1) is 0 Å². The molecule has 0 saturated heterocycles. The van der Waals surface area contributed by atoms with Gasteiger partial charge in [0.15, 0.2) is 5.69 Å². The predicted octanol–water partition coefficient (Wildman–Crippen LogP) is 3.77. The Morgan fingerprint density at radius 1 is 1.04 bits per heavy atom. The monoisotopic (exact) mass is 370 g/mol. The molecule has 26 heavy (non-hydrogen) atoms. The van der Waals surface area contributed by atoms with E-state index in [-0.39, 0.29) is 17.4 Å². The minimum atomic E-state index is -0.434. The molecule has 0 spiro atoms. The number of aromatic nitrogens is 2. The van der Waals surface area contributed by atoms with Crippen LogP contribution in [0.5, 0.6) is 0 Å². The molecule has 3 aromatic rings. The van der Waals surface area contributed by atoms with Gasteiger partial charge in [-0.2, -0.15) is 0 Å². The topological polar surface area (TPSA) is 75.5 Å². The maximum Gasteiger partial charge on any atom is 0.288 e. The number of fused-ring (bicyclic) bond motifs is 1. The van der Waals surface area contributed by atoms with Crippen molar-refractivity contribution in [3.8, 4) is 0 Å². The largest absolute Gasteiger partial charge is 0.345 e. The van der Waals surface area contributed by atoms with Crippen LogP contribution in [0.25, 0.3) is 5.52 Å². The van der Waals surface area contributed by atoms with Gasteiger partial charge in [-0.1, -0.05) is 29.8 Å². The van der Waals surface area contributed by atoms with Crippen LogP contribution in [0.1, 0.15) is 41.9 Å². The van der Waals surface area contributed by atoms with E-state index in [1.165, 1.54) is 0 Å². The molecule has 0 saturated carbocycles. The Morgan fingerprint density at radius 3 is 2.42 bits per heavy atom. The van der Waals surface area contributed by atoms with Gasteiger partial charge in [0.1, 0.15) is 0 Å². The first kappa shape index (κ1) is 17.9. The number of hydrogen-bond acceptors (Lipinski definition) is 3. The third-order valence-corrected chi connectivity index (χ3v) is 3.91. The standard InChI is InChI=1S/C19H19ClN4O2/c1-19(2,3)23-18(26)16-22-15(14-10-6-7-11-24(14)16)17(25)21-13-9-5-4-8-12(13)20/h4-11H,1-3H3,(H,21,25)(H,23,26). The average molecular weight is 371 g/mol. The molecule has 2 amide bonds. The molecule has 2 aromatic heterocycles. The smallest absolute Gasteiger partial charge is 0.288 e. The first-order chi connectivity index (χ1) is 12.3. The number of nitrogens with zero attached hydrogens (tertiary/aromatic N) is 2. The SMILES string of the molecule is CC(C)(C)NC(=O)c1nc(C(=O)Nc2ccccc2Cl)c2ccccn12. The summed E-state index contributed by atoms with van der Waals surface area (Å²) in [5.74, 6) is -0.632. The van der Waals surface area contributed by atoms with Crippen LogP contribution in [-0.4, -0.2) is 26.7 Å². The Morgan fingerprint density at radius 2 is 1.73 bits per heavy atom. The quantitative estimate of drug-likeness (QED) is 0.736. The van der Waals surface area contributed by atoms with Crippen molar-refractivity contribution in [1.29, 1.82) is 0 Å². The second-order valence-electron chi connectivity index (χ2n) is 6.88. The van der Waals surface area contributed by atoms with Crippen molar-refractivity contribution < 1.29 is 9.59 Å². The number of anilines is 1. The van der Waals surface area contributed by atoms with Crippen molar-refractivity contribution >= 4 is 34.6 Å². The number of imidazole rings is 1. The third kappa shape index (κ3) is 3.70. The molecule has 7 heteroatoms. The first-order valence-electron chi connectivity index (χ1n) is 8.12. The number of amides is 2. The van der Waals surface area contributed by atoms with Gasteiger partial charge < -0.3 is 10.6 Å². The van der Waals surface area contributed by atoms with Gasteiger partial charge in [0.05, 0.1) is 16.2 Å². The van der Waals surface area contributed by atoms with Crippen molar-refractivity contribution in [2.45, 2.75) is 26.3 Å². The number of para-hydroxylation sites is 1. The van der Waals surface area contributed by atoms with Crippen LogP contribution in [0.2, 0.25) is 5.02 Å². The summed E-state index contributed by atoms with van der Waals surface area (Å²) in [4.78, 5) is 29.6. The molecule has 0 atom stereocenters. The fourth-order valence-electron chi connectivity index (χ4n) is 2.51. The van der Waals surface area contributed by atoms with Crippen molar-refractivity contribution in [3.05, 3.63) is 65.2 Å². The van der Waals surface area contributed by atoms with Gasteiger partial charge in [-0.05, 0) is 45.0 Å². The molecular formula is C19H19ClN4O2. The van der Waals surface area contributed by atoms with Crippen molar-refractivity contribution in [2.24, 2.45) is 0 Å². The molecule has 6 nitrogen and oxygen atoms in total. The van der Waals surface area contributed by atoms with Crippen LogP contribution in [0.4, 0.5) is 5.69 Å². The zero-order chi connectivity index (χ0) is 18.9. The highest BCUT2D eigenvalue weighted by Gasteiger charge is 2.24. The molecule has 0 aliphatic carbocycles. The molecule has 0 fully saturated rings. The van der Waals surface area contributed by atoms with Gasteiger partial charge in [0.25, 0.3) is 11.8 Å². The predicted molar refractivity (Wildman–Crippen MR) is 102 cm³/mol. The van der Waals surface area contributed by atoms with E-state index in [0.717, 1.165) is 0 Å². The Hall–Kier alpha value is -2.86. The number of nitrogens with one attached hydrogen (secondary N) is 2. The molecule has 2 heterocycles. The Bertz CT molecular complexity index is 989. The van der Waals surface area contributed by atoms with Crippen LogP contribution >= 0.6 is 11.6 Å². The number of pyridine rings is 1. The lowest BCUT2D eigenvalue weighted by molar-refractivity contribution is 0.0908. The number of halogens is 1. The van der Waals surface area contributed by atoms with Gasteiger partial charge in [0, 0.05) is 11.7 Å². The molecule has 2 N–H and O–H groups in total. The van der Waals surface area contributed by atoms with Gasteiger partial charge in [-0.15, -0.1) is 0 Å². The second-order valence-corrected chi connectivity index (χ2v) is 7.29. The molecule has 0 unspecified atom stereocenters. The van der Waals surface area contributed by atoms with E-state index in [4.69, 9.17) is 11.6 Å². The minimum Gasteiger partial charge on any atom is -0.345 e. The molecule has 0 aliphatic rings. The zero-order valence-corrected chi connectivity index (χ0v) is 15.5. The summed E-state index contributed by atoms with van der Waals surface area (Å²) in [5.41, 5.74) is 0.759. The van der Waals surface area contributed by atoms with Gasteiger partial charge in [-0.3, -0.25) is 14.0 Å². The highest BCUT2D eigenvalue weighted by Crippen LogP contribution is 2.22. The van der Waals surface area contributed by atoms with Gasteiger partial charge >= 0.3 is 0 Å². The number of carbonyl (C=O) groups is 2. The van der Waals surface area contributed by atoms with Gasteiger partial charge in [0.2, 0.25) is 5.82 Å². The summed E-state index contributed by atoms with van der Waals surface area (Å²) in [5, 5.41) is 6.03. The average Bonchev–Trinajstić information content (AvgIpc) is 2.95. The molecule has 1 aromatic carbocycles. The second kappa shape index (κ2) is 6.80. The fraction of sp³-hybridized carbons (Fsp3) is 0.211. The van der Waals surface area contributed by atoms with Crippen molar-refractivity contribution in [3.63, 3.8) is 0 Å². The third-order valence-electron chi connectivity index (χ3n) is 3.58. The van der Waals surface area contributed by atoms with Crippen LogP contribution in [0.15, 0.2) is 48.7 Å². The van der Waals surface area contributed by atoms with Crippen LogP contribution in [0.3, 0.4) is 0 Å². The maximum absolute atomic E-state index is 12.7. The van der Waals surface area contributed by atoms with E-state index < -0.39 is 11.4 Å². The number of carbonyl (C=O) groups excluding carboxylic acids is 2. The molecule has 134 valence electrons. The number of hydrogen-bond donors (Lipinski definition) is 2. The first-order valence-corrected chi connectivity index (χ1v) is 8.49. The molecular weight excluding hydrogens is 352 g/mol. The summed E-state index contributed by atoms with van der Waals surface area (Å²) in [6, 6.07) is 12.2. The lowest BCUT2D eigenvalue weighted by Gasteiger charge is -2.19. The normalized spacial score (nSPS) is 11.4. The Balaban J connectivity index is 2.00. The summed E-state index contributed by atoms with van der Waals surface area (Å²) in [6.07, 6.45) is 1.70. The van der Waals surface area contributed by atoms with E-state index in [0.29, 0.717) is 16.2 Å². The summed E-state index contributed by atoms with van der Waals surface area (Å²) < 4.78 is 1.60. The lowest BCUT2D eigenvalue weighted by atomic mass is 10.1. The van der Waals surface area contributed by atoms with Crippen LogP contribution < -0.4 is 10.6 Å². The highest BCUT2D eigenvalue weighted by molar-refractivity contribution is 6.34. The van der Waals surface area contributed by atoms with Crippen molar-refractivity contribution in [2.75, 3.05) is 5.32 Å². The maximum atomic E-state index is 12.7. The van der Waals surface area contributed by atoms with E-state index in [9.17, 15) is 9.59 Å². The van der Waals surface area contributed by atoms with E-state index >= 15 is 0 Å². The molecule has 3 rings (SSSR count). The van der Waals surface area contributed by atoms with Crippen LogP contribution in [-0.2, 0) is 0 Å². The fourth-order valence-corrected chi connectivity index (χ4v) is 2.69. The zero-order valence-electron chi connectivity index (χ0n) is 14.7. The van der Waals surface area contributed by atoms with Gasteiger partial charge in [-0.25, -0.2) is 4.98 Å². The highest BCUT2D eigenvalue weighted by atomic mass is 35.5. The molecule has 0 radical (unpaired) electrons. The molecule has 0 bridgehead atoms.